The summed E-state index contributed by atoms with van der Waals surface area (Å²) in [5.74, 6) is -0.775. The van der Waals surface area contributed by atoms with E-state index in [0.717, 1.165) is 15.6 Å². The van der Waals surface area contributed by atoms with Gasteiger partial charge in [-0.25, -0.2) is 4.79 Å². The Hall–Kier alpha value is -2.14. The Morgan fingerprint density at radius 1 is 1.17 bits per heavy atom. The largest absolute Gasteiger partial charge is 0.467 e. The molecule has 0 unspecified atom stereocenters. The molecule has 1 amide bonds. The molecule has 0 saturated carbocycles. The molecule has 1 atom stereocenters. The van der Waals surface area contributed by atoms with Crippen molar-refractivity contribution in [1.29, 1.82) is 0 Å². The van der Waals surface area contributed by atoms with Crippen molar-refractivity contribution in [3.05, 3.63) is 69.7 Å². The monoisotopic (exact) mass is 375 g/mol. The zero-order chi connectivity index (χ0) is 16.8. The van der Waals surface area contributed by atoms with Crippen LogP contribution >= 0.6 is 15.9 Å². The van der Waals surface area contributed by atoms with E-state index in [2.05, 4.69) is 21.2 Å². The van der Waals surface area contributed by atoms with Crippen LogP contribution in [0.15, 0.2) is 53.0 Å². The average Bonchev–Trinajstić information content (AvgIpc) is 2.55. The second-order valence-electron chi connectivity index (χ2n) is 5.25. The Kier molecular flexibility index (Phi) is 5.93. The standard InChI is InChI=1S/C18H18BrNO3/c1-12-6-8-13(9-7-12)10-16(18(22)23-2)20-17(21)14-4-3-5-15(19)11-14/h3-9,11,16H,10H2,1-2H3,(H,20,21)/t16-/m0/s1. The summed E-state index contributed by atoms with van der Waals surface area (Å²) in [6.45, 7) is 2.00. The van der Waals surface area contributed by atoms with Crippen LogP contribution in [0.3, 0.4) is 0 Å². The van der Waals surface area contributed by atoms with Crippen LogP contribution in [-0.4, -0.2) is 25.0 Å². The molecule has 0 bridgehead atoms. The van der Waals surface area contributed by atoms with Crippen molar-refractivity contribution in [2.24, 2.45) is 0 Å². The molecule has 0 fully saturated rings. The Morgan fingerprint density at radius 3 is 2.48 bits per heavy atom. The number of carbonyl (C=O) groups excluding carboxylic acids is 2. The molecule has 0 aliphatic carbocycles. The lowest BCUT2D eigenvalue weighted by molar-refractivity contribution is -0.142. The van der Waals surface area contributed by atoms with E-state index in [4.69, 9.17) is 4.74 Å². The first kappa shape index (κ1) is 17.2. The molecular formula is C18H18BrNO3. The third kappa shape index (κ3) is 4.93. The normalized spacial score (nSPS) is 11.6. The minimum absolute atomic E-state index is 0.311. The number of nitrogens with one attached hydrogen (secondary N) is 1. The maximum atomic E-state index is 12.3. The van der Waals surface area contributed by atoms with Crippen LogP contribution in [0.1, 0.15) is 21.5 Å². The SMILES string of the molecule is COC(=O)[C@H](Cc1ccc(C)cc1)NC(=O)c1cccc(Br)c1. The summed E-state index contributed by atoms with van der Waals surface area (Å²) in [5.41, 5.74) is 2.58. The Bertz CT molecular complexity index is 698. The summed E-state index contributed by atoms with van der Waals surface area (Å²) in [7, 11) is 1.32. The van der Waals surface area contributed by atoms with Crippen LogP contribution in [0.2, 0.25) is 0 Å². The van der Waals surface area contributed by atoms with Crippen molar-refractivity contribution in [2.45, 2.75) is 19.4 Å². The molecular weight excluding hydrogens is 358 g/mol. The lowest BCUT2D eigenvalue weighted by Crippen LogP contribution is -2.43. The zero-order valence-corrected chi connectivity index (χ0v) is 14.6. The molecule has 4 nitrogen and oxygen atoms in total. The maximum Gasteiger partial charge on any atom is 0.328 e. The number of esters is 1. The first-order chi connectivity index (χ1) is 11.0. The van der Waals surface area contributed by atoms with Gasteiger partial charge in [-0.2, -0.15) is 0 Å². The van der Waals surface area contributed by atoms with Gasteiger partial charge in [-0.15, -0.1) is 0 Å². The molecule has 2 aromatic rings. The number of carbonyl (C=O) groups is 2. The zero-order valence-electron chi connectivity index (χ0n) is 13.0. The fourth-order valence-electron chi connectivity index (χ4n) is 2.17. The van der Waals surface area contributed by atoms with Gasteiger partial charge in [0, 0.05) is 16.5 Å². The van der Waals surface area contributed by atoms with Crippen LogP contribution in [0, 0.1) is 6.92 Å². The van der Waals surface area contributed by atoms with Gasteiger partial charge in [0.2, 0.25) is 0 Å². The maximum absolute atomic E-state index is 12.3. The van der Waals surface area contributed by atoms with Gasteiger partial charge in [0.15, 0.2) is 0 Å². The van der Waals surface area contributed by atoms with E-state index in [1.165, 1.54) is 7.11 Å². The van der Waals surface area contributed by atoms with E-state index >= 15 is 0 Å². The van der Waals surface area contributed by atoms with Crippen molar-refractivity contribution in [3.63, 3.8) is 0 Å². The fraction of sp³-hybridized carbons (Fsp3) is 0.222. The lowest BCUT2D eigenvalue weighted by Gasteiger charge is -2.17. The van der Waals surface area contributed by atoms with Crippen LogP contribution in [0.5, 0.6) is 0 Å². The molecule has 0 aliphatic rings. The third-order valence-electron chi connectivity index (χ3n) is 3.44. The Balaban J connectivity index is 2.13. The van der Waals surface area contributed by atoms with Gasteiger partial charge >= 0.3 is 5.97 Å². The molecule has 1 N–H and O–H groups in total. The number of hydrogen-bond donors (Lipinski definition) is 1. The number of halogens is 1. The quantitative estimate of drug-likeness (QED) is 0.815. The summed E-state index contributed by atoms with van der Waals surface area (Å²) in [6.07, 6.45) is 0.382. The number of rotatable bonds is 5. The third-order valence-corrected chi connectivity index (χ3v) is 3.93. The van der Waals surface area contributed by atoms with Gasteiger partial charge in [0.25, 0.3) is 5.91 Å². The molecule has 0 radical (unpaired) electrons. The van der Waals surface area contributed by atoms with Crippen LogP contribution < -0.4 is 5.32 Å². The van der Waals surface area contributed by atoms with Gasteiger partial charge in [0.1, 0.15) is 6.04 Å². The highest BCUT2D eigenvalue weighted by Gasteiger charge is 2.22. The van der Waals surface area contributed by atoms with Crippen molar-refractivity contribution in [2.75, 3.05) is 7.11 Å². The number of hydrogen-bond acceptors (Lipinski definition) is 3. The molecule has 0 heterocycles. The fourth-order valence-corrected chi connectivity index (χ4v) is 2.57. The summed E-state index contributed by atoms with van der Waals surface area (Å²) >= 11 is 3.33. The predicted octanol–water partition coefficient (Wildman–Crippen LogP) is 3.27. The van der Waals surface area contributed by atoms with Gasteiger partial charge in [0.05, 0.1) is 7.11 Å². The van der Waals surface area contributed by atoms with E-state index in [-0.39, 0.29) is 5.91 Å². The van der Waals surface area contributed by atoms with Crippen molar-refractivity contribution in [3.8, 4) is 0 Å². The predicted molar refractivity (Wildman–Crippen MR) is 92.3 cm³/mol. The van der Waals surface area contributed by atoms with E-state index in [9.17, 15) is 9.59 Å². The first-order valence-corrected chi connectivity index (χ1v) is 7.98. The second-order valence-corrected chi connectivity index (χ2v) is 6.16. The van der Waals surface area contributed by atoms with E-state index in [1.807, 2.05) is 37.3 Å². The van der Waals surface area contributed by atoms with Crippen LogP contribution in [-0.2, 0) is 16.0 Å². The number of benzene rings is 2. The smallest absolute Gasteiger partial charge is 0.328 e. The average molecular weight is 376 g/mol. The first-order valence-electron chi connectivity index (χ1n) is 7.19. The van der Waals surface area contributed by atoms with Crippen molar-refractivity contribution in [1.82, 2.24) is 5.32 Å². The van der Waals surface area contributed by atoms with Gasteiger partial charge in [-0.05, 0) is 30.7 Å². The lowest BCUT2D eigenvalue weighted by atomic mass is 10.0. The molecule has 0 aliphatic heterocycles. The highest BCUT2D eigenvalue weighted by Crippen LogP contribution is 2.13. The molecule has 0 spiro atoms. The van der Waals surface area contributed by atoms with E-state index in [0.29, 0.717) is 12.0 Å². The molecule has 23 heavy (non-hydrogen) atoms. The van der Waals surface area contributed by atoms with Crippen LogP contribution in [0.25, 0.3) is 0 Å². The minimum Gasteiger partial charge on any atom is -0.467 e. The minimum atomic E-state index is -0.728. The number of methoxy groups -OCH3 is 1. The van der Waals surface area contributed by atoms with E-state index in [1.54, 1.807) is 18.2 Å². The molecule has 5 heteroatoms. The molecule has 2 rings (SSSR count). The Morgan fingerprint density at radius 2 is 1.87 bits per heavy atom. The molecule has 120 valence electrons. The number of aryl methyl sites for hydroxylation is 1. The van der Waals surface area contributed by atoms with Crippen LogP contribution in [0.4, 0.5) is 0 Å². The summed E-state index contributed by atoms with van der Waals surface area (Å²) in [6, 6.07) is 14.1. The number of ether oxygens (including phenoxy) is 1. The van der Waals surface area contributed by atoms with Gasteiger partial charge in [-0.1, -0.05) is 51.8 Å². The highest BCUT2D eigenvalue weighted by atomic mass is 79.9. The van der Waals surface area contributed by atoms with Gasteiger partial charge < -0.3 is 10.1 Å². The molecule has 2 aromatic carbocycles. The Labute approximate surface area is 144 Å². The summed E-state index contributed by atoms with van der Waals surface area (Å²) in [4.78, 5) is 24.3. The van der Waals surface area contributed by atoms with E-state index < -0.39 is 12.0 Å². The summed E-state index contributed by atoms with van der Waals surface area (Å²) < 4.78 is 5.61. The molecule has 0 saturated heterocycles. The van der Waals surface area contributed by atoms with Crippen molar-refractivity contribution >= 4 is 27.8 Å². The topological polar surface area (TPSA) is 55.4 Å². The highest BCUT2D eigenvalue weighted by molar-refractivity contribution is 9.10. The molecule has 0 aromatic heterocycles. The second kappa shape index (κ2) is 7.92. The summed E-state index contributed by atoms with van der Waals surface area (Å²) in [5, 5.41) is 2.74. The van der Waals surface area contributed by atoms with Crippen molar-refractivity contribution < 1.29 is 14.3 Å². The number of amides is 1. The van der Waals surface area contributed by atoms with Gasteiger partial charge in [-0.3, -0.25) is 4.79 Å².